The molecular weight excluding hydrogens is 278 g/mol. The Kier molecular flexibility index (Phi) is 3.58. The summed E-state index contributed by atoms with van der Waals surface area (Å²) in [5.74, 6) is 2.37. The zero-order chi connectivity index (χ0) is 13.2. The van der Waals surface area contributed by atoms with Crippen LogP contribution < -0.4 is 10.5 Å². The molecule has 0 fully saturated rings. The van der Waals surface area contributed by atoms with Crippen molar-refractivity contribution in [1.82, 2.24) is 0 Å². The largest absolute Gasteiger partial charge is 0.493 e. The normalized spacial score (nSPS) is 17.0. The first-order valence-electron chi connectivity index (χ1n) is 6.13. The minimum absolute atomic E-state index is 0.416. The smallest absolute Gasteiger partial charge is 0.122 e. The van der Waals surface area contributed by atoms with Crippen LogP contribution in [0.1, 0.15) is 11.5 Å². The second-order valence-electron chi connectivity index (χ2n) is 4.54. The highest BCUT2D eigenvalue weighted by molar-refractivity contribution is 7.99. The fourth-order valence-electron chi connectivity index (χ4n) is 2.19. The second-order valence-corrected chi connectivity index (χ2v) is 6.04. The Labute approximate surface area is 121 Å². The summed E-state index contributed by atoms with van der Waals surface area (Å²) in [5, 5.41) is 0.722. The van der Waals surface area contributed by atoms with Crippen LogP contribution in [0.4, 0.5) is 5.69 Å². The monoisotopic (exact) mass is 291 g/mol. The van der Waals surface area contributed by atoms with E-state index in [0.29, 0.717) is 5.92 Å². The highest BCUT2D eigenvalue weighted by atomic mass is 35.5. The summed E-state index contributed by atoms with van der Waals surface area (Å²) in [6.45, 7) is 0.743. The number of fused-ring (bicyclic) bond motifs is 1. The summed E-state index contributed by atoms with van der Waals surface area (Å²) in [7, 11) is 0. The zero-order valence-electron chi connectivity index (χ0n) is 10.3. The van der Waals surface area contributed by atoms with Gasteiger partial charge in [0.25, 0.3) is 0 Å². The molecule has 0 amide bonds. The molecule has 1 unspecified atom stereocenters. The molecule has 0 saturated heterocycles. The van der Waals surface area contributed by atoms with Crippen LogP contribution >= 0.6 is 23.4 Å². The molecule has 2 aromatic carbocycles. The fourth-order valence-corrected chi connectivity index (χ4v) is 3.53. The first-order valence-corrected chi connectivity index (χ1v) is 7.50. The van der Waals surface area contributed by atoms with E-state index in [1.54, 1.807) is 11.8 Å². The van der Waals surface area contributed by atoms with Gasteiger partial charge in [0.05, 0.1) is 6.61 Å². The van der Waals surface area contributed by atoms with Crippen molar-refractivity contribution < 1.29 is 4.74 Å². The van der Waals surface area contributed by atoms with Crippen molar-refractivity contribution in [2.24, 2.45) is 0 Å². The number of para-hydroxylation sites is 1. The number of hydrogen-bond acceptors (Lipinski definition) is 3. The van der Waals surface area contributed by atoms with Gasteiger partial charge in [-0.15, -0.1) is 11.8 Å². The van der Waals surface area contributed by atoms with Gasteiger partial charge in [-0.3, -0.25) is 0 Å². The average molecular weight is 292 g/mol. The Hall–Kier alpha value is -1.32. The van der Waals surface area contributed by atoms with Crippen LogP contribution in [0.3, 0.4) is 0 Å². The molecule has 0 saturated carbocycles. The molecule has 0 aromatic heterocycles. The summed E-state index contributed by atoms with van der Waals surface area (Å²) < 4.78 is 5.68. The molecule has 19 heavy (non-hydrogen) atoms. The van der Waals surface area contributed by atoms with Gasteiger partial charge in [0.1, 0.15) is 5.75 Å². The molecule has 2 nitrogen and oxygen atoms in total. The number of hydrogen-bond donors (Lipinski definition) is 1. The van der Waals surface area contributed by atoms with Gasteiger partial charge in [-0.25, -0.2) is 0 Å². The van der Waals surface area contributed by atoms with E-state index in [-0.39, 0.29) is 0 Å². The predicted molar refractivity (Wildman–Crippen MR) is 81.3 cm³/mol. The summed E-state index contributed by atoms with van der Waals surface area (Å²) in [5.41, 5.74) is 8.02. The van der Waals surface area contributed by atoms with E-state index < -0.39 is 0 Å². The van der Waals surface area contributed by atoms with Gasteiger partial charge in [0.15, 0.2) is 0 Å². The van der Waals surface area contributed by atoms with E-state index in [9.17, 15) is 0 Å². The molecule has 1 heterocycles. The molecule has 0 aliphatic carbocycles. The Bertz CT molecular complexity index is 602. The summed E-state index contributed by atoms with van der Waals surface area (Å²) in [6, 6.07) is 13.8. The van der Waals surface area contributed by atoms with E-state index in [0.717, 1.165) is 33.7 Å². The number of anilines is 1. The molecule has 2 aromatic rings. The third-order valence-electron chi connectivity index (χ3n) is 3.21. The molecule has 0 spiro atoms. The first kappa shape index (κ1) is 12.7. The van der Waals surface area contributed by atoms with Gasteiger partial charge in [-0.1, -0.05) is 29.8 Å². The van der Waals surface area contributed by atoms with Crippen LogP contribution in [0.15, 0.2) is 47.4 Å². The third kappa shape index (κ3) is 2.67. The Morgan fingerprint density at radius 2 is 2.11 bits per heavy atom. The van der Waals surface area contributed by atoms with E-state index in [2.05, 4.69) is 12.1 Å². The van der Waals surface area contributed by atoms with Gasteiger partial charge < -0.3 is 10.5 Å². The third-order valence-corrected chi connectivity index (χ3v) is 4.68. The molecule has 1 aliphatic heterocycles. The minimum Gasteiger partial charge on any atom is -0.493 e. The van der Waals surface area contributed by atoms with Crippen LogP contribution in [-0.2, 0) is 0 Å². The van der Waals surface area contributed by atoms with Crippen LogP contribution in [0.2, 0.25) is 5.02 Å². The van der Waals surface area contributed by atoms with Crippen molar-refractivity contribution in [3.63, 3.8) is 0 Å². The van der Waals surface area contributed by atoms with Crippen molar-refractivity contribution in [3.8, 4) is 5.75 Å². The van der Waals surface area contributed by atoms with Crippen molar-refractivity contribution in [2.75, 3.05) is 18.1 Å². The Morgan fingerprint density at radius 1 is 1.26 bits per heavy atom. The fraction of sp³-hybridized carbons (Fsp3) is 0.200. The molecule has 1 atom stereocenters. The number of nitrogens with two attached hydrogens (primary N) is 1. The van der Waals surface area contributed by atoms with Gasteiger partial charge in [-0.05, 0) is 24.3 Å². The summed E-state index contributed by atoms with van der Waals surface area (Å²) in [6.07, 6.45) is 0. The second kappa shape index (κ2) is 5.35. The topological polar surface area (TPSA) is 35.2 Å². The van der Waals surface area contributed by atoms with Crippen LogP contribution in [-0.4, -0.2) is 12.4 Å². The van der Waals surface area contributed by atoms with Gasteiger partial charge in [0, 0.05) is 32.8 Å². The number of thioether (sulfide) groups is 1. The number of nitrogen functional groups attached to an aromatic ring is 1. The predicted octanol–water partition coefficient (Wildman–Crippen LogP) is 4.19. The minimum atomic E-state index is 0.416. The molecule has 0 bridgehead atoms. The van der Waals surface area contributed by atoms with E-state index >= 15 is 0 Å². The molecule has 0 radical (unpaired) electrons. The average Bonchev–Trinajstić information content (AvgIpc) is 2.83. The van der Waals surface area contributed by atoms with E-state index in [1.165, 1.54) is 5.56 Å². The highest BCUT2D eigenvalue weighted by Crippen LogP contribution is 2.38. The quantitative estimate of drug-likeness (QED) is 0.680. The van der Waals surface area contributed by atoms with E-state index in [1.807, 2.05) is 30.3 Å². The number of halogens is 1. The maximum absolute atomic E-state index is 6.00. The molecular formula is C15H14ClNOS. The first-order chi connectivity index (χ1) is 9.24. The van der Waals surface area contributed by atoms with Gasteiger partial charge in [0.2, 0.25) is 0 Å². The van der Waals surface area contributed by atoms with E-state index in [4.69, 9.17) is 22.1 Å². The summed E-state index contributed by atoms with van der Waals surface area (Å²) in [4.78, 5) is 1.04. The van der Waals surface area contributed by atoms with Gasteiger partial charge >= 0.3 is 0 Å². The lowest BCUT2D eigenvalue weighted by Gasteiger charge is -2.10. The Balaban J connectivity index is 1.72. The highest BCUT2D eigenvalue weighted by Gasteiger charge is 2.23. The SMILES string of the molecule is Nc1ccc(Cl)cc1SCC1COc2ccccc21. The standard InChI is InChI=1S/C15H14ClNOS/c16-11-5-6-13(17)15(7-11)19-9-10-8-18-14-4-2-1-3-12(10)14/h1-7,10H,8-9,17H2. The number of benzene rings is 2. The lowest BCUT2D eigenvalue weighted by Crippen LogP contribution is -2.03. The Morgan fingerprint density at radius 3 is 3.00 bits per heavy atom. The summed E-state index contributed by atoms with van der Waals surface area (Å²) >= 11 is 7.73. The zero-order valence-corrected chi connectivity index (χ0v) is 11.9. The molecule has 98 valence electrons. The maximum atomic E-state index is 6.00. The van der Waals surface area contributed by atoms with Crippen LogP contribution in [0, 0.1) is 0 Å². The van der Waals surface area contributed by atoms with Crippen molar-refractivity contribution in [2.45, 2.75) is 10.8 Å². The van der Waals surface area contributed by atoms with Crippen molar-refractivity contribution >= 4 is 29.1 Å². The van der Waals surface area contributed by atoms with Crippen LogP contribution in [0.25, 0.3) is 0 Å². The van der Waals surface area contributed by atoms with Crippen molar-refractivity contribution in [3.05, 3.63) is 53.1 Å². The molecule has 1 aliphatic rings. The van der Waals surface area contributed by atoms with Crippen LogP contribution in [0.5, 0.6) is 5.75 Å². The molecule has 2 N–H and O–H groups in total. The van der Waals surface area contributed by atoms with Gasteiger partial charge in [-0.2, -0.15) is 0 Å². The molecule has 3 rings (SSSR count). The lowest BCUT2D eigenvalue weighted by molar-refractivity contribution is 0.339. The van der Waals surface area contributed by atoms with Crippen molar-refractivity contribution in [1.29, 1.82) is 0 Å². The number of rotatable bonds is 3. The molecule has 4 heteroatoms. The maximum Gasteiger partial charge on any atom is 0.122 e. The number of ether oxygens (including phenoxy) is 1. The lowest BCUT2D eigenvalue weighted by atomic mass is 10.0.